The fourth-order valence-electron chi connectivity index (χ4n) is 1.80. The molecule has 1 atom stereocenters. The molecule has 0 aliphatic heterocycles. The first-order chi connectivity index (χ1) is 10.6. The Hall–Kier alpha value is -1.56. The van der Waals surface area contributed by atoms with Gasteiger partial charge in [0.1, 0.15) is 5.60 Å². The lowest BCUT2D eigenvalue weighted by atomic mass is 10.1. The van der Waals surface area contributed by atoms with Crippen molar-refractivity contribution in [3.63, 3.8) is 0 Å². The predicted octanol–water partition coefficient (Wildman–Crippen LogP) is 4.75. The van der Waals surface area contributed by atoms with Gasteiger partial charge >= 0.3 is 12.1 Å². The van der Waals surface area contributed by atoms with Crippen LogP contribution in [0.5, 0.6) is 0 Å². The van der Waals surface area contributed by atoms with E-state index in [0.717, 1.165) is 4.47 Å². The molecule has 0 spiro atoms. The molecule has 1 aromatic rings. The Kier molecular flexibility index (Phi) is 7.06. The number of carbonyl (C=O) groups excluding carboxylic acids is 2. The molecule has 0 aromatic heterocycles. The molecule has 1 N–H and O–H groups in total. The molecule has 0 fully saturated rings. The van der Waals surface area contributed by atoms with Crippen molar-refractivity contribution >= 4 is 33.7 Å². The van der Waals surface area contributed by atoms with Gasteiger partial charge in [0.2, 0.25) is 6.10 Å². The SMILES string of the molecule is CC(C)C[C@H](OC(=O)Nc1ccc(Br)cc1)C(=O)OC(C)(C)C. The van der Waals surface area contributed by atoms with Crippen molar-refractivity contribution in [2.24, 2.45) is 5.92 Å². The lowest BCUT2D eigenvalue weighted by Gasteiger charge is -2.24. The maximum Gasteiger partial charge on any atom is 0.412 e. The Bertz CT molecular complexity index is 535. The predicted molar refractivity (Wildman–Crippen MR) is 93.3 cm³/mol. The molecule has 0 aliphatic carbocycles. The third-order valence-corrected chi connectivity index (χ3v) is 3.22. The highest BCUT2D eigenvalue weighted by atomic mass is 79.9. The highest BCUT2D eigenvalue weighted by Gasteiger charge is 2.29. The number of rotatable bonds is 5. The van der Waals surface area contributed by atoms with Crippen molar-refractivity contribution in [2.75, 3.05) is 5.32 Å². The number of hydrogen-bond acceptors (Lipinski definition) is 4. The molecule has 0 radical (unpaired) electrons. The van der Waals surface area contributed by atoms with E-state index in [-0.39, 0.29) is 5.92 Å². The monoisotopic (exact) mass is 385 g/mol. The highest BCUT2D eigenvalue weighted by molar-refractivity contribution is 9.10. The Morgan fingerprint density at radius 1 is 1.17 bits per heavy atom. The summed E-state index contributed by atoms with van der Waals surface area (Å²) in [4.78, 5) is 24.2. The molecule has 0 heterocycles. The van der Waals surface area contributed by atoms with Crippen molar-refractivity contribution < 1.29 is 19.1 Å². The third-order valence-electron chi connectivity index (χ3n) is 2.70. The third kappa shape index (κ3) is 8.02. The minimum atomic E-state index is -0.926. The van der Waals surface area contributed by atoms with Crippen LogP contribution in [0.25, 0.3) is 0 Å². The van der Waals surface area contributed by atoms with Gasteiger partial charge in [-0.15, -0.1) is 0 Å². The fourth-order valence-corrected chi connectivity index (χ4v) is 2.06. The molecule has 0 unspecified atom stereocenters. The number of halogens is 1. The zero-order valence-electron chi connectivity index (χ0n) is 14.2. The van der Waals surface area contributed by atoms with Crippen molar-refractivity contribution in [3.05, 3.63) is 28.7 Å². The van der Waals surface area contributed by atoms with Gasteiger partial charge in [-0.3, -0.25) is 5.32 Å². The van der Waals surface area contributed by atoms with E-state index in [1.54, 1.807) is 45.0 Å². The Morgan fingerprint density at radius 3 is 2.22 bits per heavy atom. The summed E-state index contributed by atoms with van der Waals surface area (Å²) in [6, 6.07) is 7.07. The van der Waals surface area contributed by atoms with E-state index in [0.29, 0.717) is 12.1 Å². The van der Waals surface area contributed by atoms with E-state index in [1.165, 1.54) is 0 Å². The zero-order valence-corrected chi connectivity index (χ0v) is 15.8. The first kappa shape index (κ1) is 19.5. The summed E-state index contributed by atoms with van der Waals surface area (Å²) in [6.45, 7) is 9.23. The van der Waals surface area contributed by atoms with E-state index in [2.05, 4.69) is 21.2 Å². The summed E-state index contributed by atoms with van der Waals surface area (Å²) in [5.74, 6) is -0.342. The molecule has 0 saturated carbocycles. The molecular weight excluding hydrogens is 362 g/mol. The van der Waals surface area contributed by atoms with Crippen LogP contribution < -0.4 is 5.32 Å². The van der Waals surface area contributed by atoms with Crippen LogP contribution in [0.1, 0.15) is 41.0 Å². The molecule has 0 bridgehead atoms. The van der Waals surface area contributed by atoms with Gasteiger partial charge in [0.15, 0.2) is 0 Å². The number of anilines is 1. The van der Waals surface area contributed by atoms with Gasteiger partial charge in [-0.1, -0.05) is 29.8 Å². The quantitative estimate of drug-likeness (QED) is 0.742. The number of amides is 1. The lowest BCUT2D eigenvalue weighted by molar-refractivity contribution is -0.165. The standard InChI is InChI=1S/C17H24BrNO4/c1-11(2)10-14(15(20)23-17(3,4)5)22-16(21)19-13-8-6-12(18)7-9-13/h6-9,11,14H,10H2,1-5H3,(H,19,21)/t14-/m0/s1. The van der Waals surface area contributed by atoms with E-state index in [1.807, 2.05) is 13.8 Å². The maximum atomic E-state index is 12.2. The van der Waals surface area contributed by atoms with E-state index >= 15 is 0 Å². The molecule has 0 aliphatic rings. The molecular formula is C17H24BrNO4. The van der Waals surface area contributed by atoms with Crippen LogP contribution in [0, 0.1) is 5.92 Å². The summed E-state index contributed by atoms with van der Waals surface area (Å²) in [6.07, 6.45) is -1.20. The van der Waals surface area contributed by atoms with Crippen molar-refractivity contribution in [2.45, 2.75) is 52.7 Å². The Morgan fingerprint density at radius 2 is 1.74 bits per heavy atom. The van der Waals surface area contributed by atoms with Gasteiger partial charge in [-0.25, -0.2) is 9.59 Å². The number of nitrogens with one attached hydrogen (secondary N) is 1. The number of hydrogen-bond donors (Lipinski definition) is 1. The zero-order chi connectivity index (χ0) is 17.6. The topological polar surface area (TPSA) is 64.6 Å². The molecule has 6 heteroatoms. The van der Waals surface area contributed by atoms with Crippen LogP contribution >= 0.6 is 15.9 Å². The second-order valence-electron chi connectivity index (χ2n) is 6.69. The van der Waals surface area contributed by atoms with Crippen LogP contribution in [0.15, 0.2) is 28.7 Å². The van der Waals surface area contributed by atoms with E-state index in [4.69, 9.17) is 9.47 Å². The first-order valence-electron chi connectivity index (χ1n) is 7.53. The molecule has 23 heavy (non-hydrogen) atoms. The van der Waals surface area contributed by atoms with Crippen molar-refractivity contribution in [3.8, 4) is 0 Å². The Labute approximate surface area is 145 Å². The minimum absolute atomic E-state index is 0.188. The van der Waals surface area contributed by atoms with E-state index in [9.17, 15) is 9.59 Å². The summed E-state index contributed by atoms with van der Waals surface area (Å²) >= 11 is 3.32. The van der Waals surface area contributed by atoms with Crippen LogP contribution in [0.2, 0.25) is 0 Å². The second kappa shape index (κ2) is 8.34. The molecule has 1 aromatic carbocycles. The smallest absolute Gasteiger partial charge is 0.412 e. The van der Waals surface area contributed by atoms with E-state index < -0.39 is 23.8 Å². The largest absolute Gasteiger partial charge is 0.457 e. The number of ether oxygens (including phenoxy) is 2. The fraction of sp³-hybridized carbons (Fsp3) is 0.529. The highest BCUT2D eigenvalue weighted by Crippen LogP contribution is 2.17. The Balaban J connectivity index is 2.70. The van der Waals surface area contributed by atoms with Gasteiger partial charge in [0.05, 0.1) is 0 Å². The summed E-state index contributed by atoms with van der Waals surface area (Å²) < 4.78 is 11.5. The summed E-state index contributed by atoms with van der Waals surface area (Å²) in [5, 5.41) is 2.60. The minimum Gasteiger partial charge on any atom is -0.457 e. The van der Waals surface area contributed by atoms with Crippen LogP contribution in [0.3, 0.4) is 0 Å². The normalized spacial score (nSPS) is 12.7. The number of carbonyl (C=O) groups is 2. The maximum absolute atomic E-state index is 12.2. The second-order valence-corrected chi connectivity index (χ2v) is 7.60. The molecule has 0 saturated heterocycles. The number of esters is 1. The van der Waals surface area contributed by atoms with Crippen LogP contribution in [-0.4, -0.2) is 23.8 Å². The molecule has 1 amide bonds. The average Bonchev–Trinajstić information content (AvgIpc) is 2.38. The molecule has 128 valence electrons. The average molecular weight is 386 g/mol. The van der Waals surface area contributed by atoms with Crippen LogP contribution in [-0.2, 0) is 14.3 Å². The number of benzene rings is 1. The van der Waals surface area contributed by atoms with Gasteiger partial charge in [0.25, 0.3) is 0 Å². The van der Waals surface area contributed by atoms with Crippen molar-refractivity contribution in [1.82, 2.24) is 0 Å². The van der Waals surface area contributed by atoms with Gasteiger partial charge in [-0.05, 0) is 57.4 Å². The molecule has 1 rings (SSSR count). The van der Waals surface area contributed by atoms with Gasteiger partial charge < -0.3 is 9.47 Å². The first-order valence-corrected chi connectivity index (χ1v) is 8.32. The van der Waals surface area contributed by atoms with Gasteiger partial charge in [-0.2, -0.15) is 0 Å². The lowest BCUT2D eigenvalue weighted by Crippen LogP contribution is -2.36. The van der Waals surface area contributed by atoms with Crippen LogP contribution in [0.4, 0.5) is 10.5 Å². The summed E-state index contributed by atoms with van der Waals surface area (Å²) in [5.41, 5.74) is -0.0385. The van der Waals surface area contributed by atoms with Crippen molar-refractivity contribution in [1.29, 1.82) is 0 Å². The summed E-state index contributed by atoms with van der Waals surface area (Å²) in [7, 11) is 0. The van der Waals surface area contributed by atoms with Gasteiger partial charge in [0, 0.05) is 10.2 Å². The molecule has 5 nitrogen and oxygen atoms in total.